The number of fused-ring (bicyclic) bond motifs is 2. The van der Waals surface area contributed by atoms with Crippen LogP contribution in [0.25, 0.3) is 49.9 Å². The van der Waals surface area contributed by atoms with Crippen molar-refractivity contribution in [2.75, 3.05) is 6.61 Å². The highest BCUT2D eigenvalue weighted by Crippen LogP contribution is 2.46. The predicted molar refractivity (Wildman–Crippen MR) is 247 cm³/mol. The molecule has 6 rings (SSSR count). The topological polar surface area (TPSA) is 82.1 Å². The number of hydrogen-bond donors (Lipinski definition) is 1. The lowest BCUT2D eigenvalue weighted by molar-refractivity contribution is -0.166. The van der Waals surface area contributed by atoms with Gasteiger partial charge in [0.25, 0.3) is 0 Å². The molecule has 2 atom stereocenters. The summed E-state index contributed by atoms with van der Waals surface area (Å²) < 4.78 is 18.7. The van der Waals surface area contributed by atoms with Crippen molar-refractivity contribution in [2.24, 2.45) is 0 Å². The minimum atomic E-state index is -1.12. The number of benzene rings is 6. The Bertz CT molecular complexity index is 2500. The Morgan fingerprint density at radius 3 is 1.51 bits per heavy atom. The third kappa shape index (κ3) is 10.5. The standard InChI is InChI=1S/C25H26BrClO3.C25H25ClO3/c1-6-29-24(28)23(30-25(3,4)5)20-15(2)22(26)19-10-8-7-9-18(19)21(20)16-11-13-17(27)14-12-16;1-6-18-15(2)21(23(24(27)28)29-25(3,4)5)22(16-11-13-17(26)14-12-16)20-10-8-7-9-19(18)20/h7-14,23H,6H2,1-5H3;6-14,23H,1H2,2-5H3,(H,27,28). The van der Waals surface area contributed by atoms with E-state index in [0.717, 1.165) is 70.5 Å². The van der Waals surface area contributed by atoms with Gasteiger partial charge in [-0.3, -0.25) is 0 Å². The van der Waals surface area contributed by atoms with Gasteiger partial charge in [-0.05, 0) is 163 Å². The van der Waals surface area contributed by atoms with E-state index in [2.05, 4.69) is 34.6 Å². The fourth-order valence-electron chi connectivity index (χ4n) is 7.32. The SMILES string of the molecule is C=Cc1c(C)c(C(OC(C)(C)C)C(=O)O)c(-c2ccc(Cl)cc2)c2ccccc12.CCOC(=O)C(OC(C)(C)C)c1c(C)c(Br)c2ccccc2c1-c1ccc(Cl)cc1. The number of rotatable bonds is 10. The Kier molecular flexibility index (Phi) is 14.5. The first kappa shape index (κ1) is 45.6. The first-order valence-corrected chi connectivity index (χ1v) is 21.0. The second-order valence-corrected chi connectivity index (χ2v) is 17.8. The molecule has 0 spiro atoms. The van der Waals surface area contributed by atoms with Crippen LogP contribution in [0.15, 0.2) is 108 Å². The summed E-state index contributed by atoms with van der Waals surface area (Å²) >= 11 is 16.0. The molecule has 0 fully saturated rings. The minimum Gasteiger partial charge on any atom is -0.479 e. The van der Waals surface area contributed by atoms with E-state index in [0.29, 0.717) is 15.6 Å². The molecule has 59 heavy (non-hydrogen) atoms. The summed E-state index contributed by atoms with van der Waals surface area (Å²) in [5.41, 5.74) is 6.63. The summed E-state index contributed by atoms with van der Waals surface area (Å²) in [6, 6.07) is 31.2. The van der Waals surface area contributed by atoms with Gasteiger partial charge in [0.1, 0.15) is 0 Å². The number of ether oxygens (including phenoxy) is 3. The fourth-order valence-corrected chi connectivity index (χ4v) is 8.13. The monoisotopic (exact) mass is 896 g/mol. The fraction of sp³-hybridized carbons (Fsp3) is 0.280. The summed E-state index contributed by atoms with van der Waals surface area (Å²) in [7, 11) is 0. The molecule has 0 aliphatic heterocycles. The zero-order chi connectivity index (χ0) is 43.4. The summed E-state index contributed by atoms with van der Waals surface area (Å²) in [5.74, 6) is -1.42. The molecule has 6 aromatic carbocycles. The van der Waals surface area contributed by atoms with Crippen LogP contribution in [0.3, 0.4) is 0 Å². The van der Waals surface area contributed by atoms with E-state index in [4.69, 9.17) is 37.4 Å². The predicted octanol–water partition coefficient (Wildman–Crippen LogP) is 14.7. The highest BCUT2D eigenvalue weighted by atomic mass is 79.9. The van der Waals surface area contributed by atoms with Crippen molar-refractivity contribution in [1.29, 1.82) is 0 Å². The Morgan fingerprint density at radius 1 is 0.678 bits per heavy atom. The summed E-state index contributed by atoms with van der Waals surface area (Å²) in [6.45, 7) is 21.4. The third-order valence-corrected chi connectivity index (χ3v) is 11.2. The van der Waals surface area contributed by atoms with E-state index < -0.39 is 35.3 Å². The van der Waals surface area contributed by atoms with Crippen LogP contribution in [-0.4, -0.2) is 34.9 Å². The molecule has 0 aliphatic carbocycles. The molecule has 0 radical (unpaired) electrons. The molecule has 0 saturated heterocycles. The smallest absolute Gasteiger partial charge is 0.339 e. The van der Waals surface area contributed by atoms with Gasteiger partial charge in [-0.2, -0.15) is 0 Å². The van der Waals surface area contributed by atoms with Crippen LogP contribution in [0.4, 0.5) is 0 Å². The summed E-state index contributed by atoms with van der Waals surface area (Å²) in [6.07, 6.45) is -0.205. The van der Waals surface area contributed by atoms with Crippen LogP contribution < -0.4 is 0 Å². The molecule has 6 nitrogen and oxygen atoms in total. The van der Waals surface area contributed by atoms with Crippen molar-refractivity contribution >= 4 is 78.7 Å². The second-order valence-electron chi connectivity index (χ2n) is 16.2. The normalized spacial score (nSPS) is 12.7. The number of hydrogen-bond acceptors (Lipinski definition) is 5. The maximum atomic E-state index is 13.1. The van der Waals surface area contributed by atoms with Crippen LogP contribution in [0.5, 0.6) is 0 Å². The van der Waals surface area contributed by atoms with E-state index >= 15 is 0 Å². The Labute approximate surface area is 366 Å². The van der Waals surface area contributed by atoms with Gasteiger partial charge in [-0.1, -0.05) is 109 Å². The number of carboxylic acid groups (broad SMARTS) is 1. The van der Waals surface area contributed by atoms with E-state index in [1.54, 1.807) is 13.0 Å². The van der Waals surface area contributed by atoms with E-state index in [1.807, 2.05) is 140 Å². The molecule has 308 valence electrons. The maximum absolute atomic E-state index is 13.1. The number of carbonyl (C=O) groups is 2. The molecule has 2 unspecified atom stereocenters. The molecular weight excluding hydrogens is 847 g/mol. The molecule has 0 bridgehead atoms. The lowest BCUT2D eigenvalue weighted by Crippen LogP contribution is -2.29. The molecule has 0 aliphatic rings. The molecule has 1 N–H and O–H groups in total. The zero-order valence-electron chi connectivity index (χ0n) is 35.0. The minimum absolute atomic E-state index is 0.285. The lowest BCUT2D eigenvalue weighted by Gasteiger charge is -2.30. The van der Waals surface area contributed by atoms with Crippen LogP contribution in [0.2, 0.25) is 10.0 Å². The number of halogens is 3. The Balaban J connectivity index is 0.000000224. The average Bonchev–Trinajstić information content (AvgIpc) is 3.17. The first-order valence-electron chi connectivity index (χ1n) is 19.4. The zero-order valence-corrected chi connectivity index (χ0v) is 38.1. The van der Waals surface area contributed by atoms with Crippen LogP contribution in [0, 0.1) is 13.8 Å². The molecule has 9 heteroatoms. The number of carboxylic acids is 1. The van der Waals surface area contributed by atoms with Crippen molar-refractivity contribution in [1.82, 2.24) is 0 Å². The van der Waals surface area contributed by atoms with Gasteiger partial charge in [0, 0.05) is 25.6 Å². The summed E-state index contributed by atoms with van der Waals surface area (Å²) in [4.78, 5) is 25.4. The highest BCUT2D eigenvalue weighted by molar-refractivity contribution is 9.10. The van der Waals surface area contributed by atoms with E-state index in [-0.39, 0.29) is 6.61 Å². The van der Waals surface area contributed by atoms with Crippen LogP contribution in [0.1, 0.15) is 88.5 Å². The van der Waals surface area contributed by atoms with Gasteiger partial charge in [-0.15, -0.1) is 0 Å². The molecule has 0 saturated carbocycles. The maximum Gasteiger partial charge on any atom is 0.339 e. The van der Waals surface area contributed by atoms with Gasteiger partial charge in [-0.25, -0.2) is 9.59 Å². The number of esters is 1. The highest BCUT2D eigenvalue weighted by Gasteiger charge is 2.35. The summed E-state index contributed by atoms with van der Waals surface area (Å²) in [5, 5.41) is 15.5. The quantitative estimate of drug-likeness (QED) is 0.138. The van der Waals surface area contributed by atoms with Gasteiger partial charge < -0.3 is 19.3 Å². The van der Waals surface area contributed by atoms with Crippen molar-refractivity contribution in [3.05, 3.63) is 146 Å². The lowest BCUT2D eigenvalue weighted by atomic mass is 9.84. The molecule has 6 aromatic rings. The van der Waals surface area contributed by atoms with Gasteiger partial charge in [0.2, 0.25) is 0 Å². The van der Waals surface area contributed by atoms with Gasteiger partial charge >= 0.3 is 11.9 Å². The Hall–Kier alpha value is -4.50. The van der Waals surface area contributed by atoms with Crippen molar-refractivity contribution in [3.8, 4) is 22.3 Å². The third-order valence-electron chi connectivity index (χ3n) is 9.66. The number of aliphatic carboxylic acids is 1. The van der Waals surface area contributed by atoms with E-state index in [1.165, 1.54) is 0 Å². The van der Waals surface area contributed by atoms with Crippen molar-refractivity contribution in [2.45, 2.75) is 85.7 Å². The first-order chi connectivity index (χ1) is 27.8. The molecular formula is C50H51BrCl2O6. The molecule has 0 heterocycles. The Morgan fingerprint density at radius 2 is 1.08 bits per heavy atom. The van der Waals surface area contributed by atoms with Crippen LogP contribution >= 0.6 is 39.1 Å². The molecule has 0 amide bonds. The van der Waals surface area contributed by atoms with Crippen molar-refractivity contribution in [3.63, 3.8) is 0 Å². The van der Waals surface area contributed by atoms with Crippen LogP contribution in [-0.2, 0) is 23.8 Å². The van der Waals surface area contributed by atoms with Gasteiger partial charge in [0.15, 0.2) is 12.2 Å². The number of carbonyl (C=O) groups excluding carboxylic acids is 1. The van der Waals surface area contributed by atoms with Gasteiger partial charge in [0.05, 0.1) is 17.8 Å². The van der Waals surface area contributed by atoms with E-state index in [9.17, 15) is 14.7 Å². The van der Waals surface area contributed by atoms with Crippen molar-refractivity contribution < 1.29 is 28.9 Å². The molecule has 0 aromatic heterocycles. The largest absolute Gasteiger partial charge is 0.479 e. The average molecular weight is 899 g/mol. The second kappa shape index (κ2) is 18.8.